The number of hydrogen-bond acceptors (Lipinski definition) is 2. The van der Waals surface area contributed by atoms with Gasteiger partial charge in [0, 0.05) is 18.8 Å². The second-order valence-electron chi connectivity index (χ2n) is 2.43. The van der Waals surface area contributed by atoms with Crippen LogP contribution in [0.5, 0.6) is 0 Å². The Hall–Kier alpha value is -1.65. The average molecular weight is 186 g/mol. The Balaban J connectivity index is 3.23. The molecular weight excluding hydrogens is 178 g/mol. The van der Waals surface area contributed by atoms with Crippen LogP contribution in [0.3, 0.4) is 0 Å². The number of rotatable bonds is 1. The Labute approximate surface area is 73.5 Å². The number of carbonyl (C=O) groups excluding carboxylic acids is 1. The van der Waals surface area contributed by atoms with Crippen molar-refractivity contribution < 1.29 is 13.6 Å². The minimum atomic E-state index is -1.09. The maximum absolute atomic E-state index is 12.6. The molecule has 0 aliphatic carbocycles. The van der Waals surface area contributed by atoms with Crippen LogP contribution in [0.25, 0.3) is 0 Å². The molecule has 3 nitrogen and oxygen atoms in total. The minimum absolute atomic E-state index is 0.0681. The van der Waals surface area contributed by atoms with Gasteiger partial charge in [-0.3, -0.25) is 4.79 Å². The van der Waals surface area contributed by atoms with Gasteiger partial charge in [-0.15, -0.1) is 0 Å². The number of benzene rings is 1. The number of nitrogen functional groups attached to an aromatic ring is 1. The fourth-order valence-electron chi connectivity index (χ4n) is 0.894. The van der Waals surface area contributed by atoms with E-state index in [0.717, 1.165) is 12.1 Å². The summed E-state index contributed by atoms with van der Waals surface area (Å²) in [6.07, 6.45) is 0. The topological polar surface area (TPSA) is 55.1 Å². The average Bonchev–Trinajstić information content (AvgIpc) is 2.10. The minimum Gasteiger partial charge on any atom is -0.398 e. The number of carbonyl (C=O) groups is 1. The van der Waals surface area contributed by atoms with Crippen LogP contribution >= 0.6 is 0 Å². The first kappa shape index (κ1) is 9.44. The molecule has 3 N–H and O–H groups in total. The molecule has 0 aliphatic heterocycles. The molecular formula is C8H8F2N2O. The van der Waals surface area contributed by atoms with E-state index in [-0.39, 0.29) is 11.3 Å². The third kappa shape index (κ3) is 1.74. The van der Waals surface area contributed by atoms with Crippen molar-refractivity contribution >= 4 is 11.6 Å². The highest BCUT2D eigenvalue weighted by atomic mass is 19.2. The number of halogens is 2. The molecule has 1 rings (SSSR count). The molecule has 0 saturated carbocycles. The van der Waals surface area contributed by atoms with Gasteiger partial charge >= 0.3 is 0 Å². The van der Waals surface area contributed by atoms with Crippen molar-refractivity contribution in [3.05, 3.63) is 29.3 Å². The zero-order valence-electron chi connectivity index (χ0n) is 6.90. The van der Waals surface area contributed by atoms with Crippen LogP contribution in [0.1, 0.15) is 10.4 Å². The lowest BCUT2D eigenvalue weighted by Gasteiger charge is -2.04. The van der Waals surface area contributed by atoms with Crippen LogP contribution in [0.4, 0.5) is 14.5 Å². The third-order valence-corrected chi connectivity index (χ3v) is 1.56. The number of nitrogens with two attached hydrogens (primary N) is 1. The monoisotopic (exact) mass is 186 g/mol. The Bertz CT molecular complexity index is 352. The van der Waals surface area contributed by atoms with Gasteiger partial charge in [-0.25, -0.2) is 8.78 Å². The van der Waals surface area contributed by atoms with Crippen LogP contribution in [0.2, 0.25) is 0 Å². The molecule has 0 atom stereocenters. The summed E-state index contributed by atoms with van der Waals surface area (Å²) < 4.78 is 25.2. The van der Waals surface area contributed by atoms with Gasteiger partial charge in [0.05, 0.1) is 5.56 Å². The summed E-state index contributed by atoms with van der Waals surface area (Å²) in [5.41, 5.74) is 5.15. The highest BCUT2D eigenvalue weighted by Gasteiger charge is 2.12. The first-order valence-corrected chi connectivity index (χ1v) is 3.53. The van der Waals surface area contributed by atoms with Gasteiger partial charge in [0.25, 0.3) is 5.91 Å². The Morgan fingerprint density at radius 2 is 1.92 bits per heavy atom. The van der Waals surface area contributed by atoms with Crippen LogP contribution in [0.15, 0.2) is 12.1 Å². The van der Waals surface area contributed by atoms with Gasteiger partial charge in [-0.05, 0) is 6.07 Å². The largest absolute Gasteiger partial charge is 0.398 e. The van der Waals surface area contributed by atoms with Gasteiger partial charge in [0.1, 0.15) is 0 Å². The second-order valence-corrected chi connectivity index (χ2v) is 2.43. The van der Waals surface area contributed by atoms with Gasteiger partial charge in [-0.1, -0.05) is 0 Å². The van der Waals surface area contributed by atoms with E-state index in [1.54, 1.807) is 0 Å². The van der Waals surface area contributed by atoms with Crippen molar-refractivity contribution in [2.24, 2.45) is 0 Å². The molecule has 0 bridgehead atoms. The fraction of sp³-hybridized carbons (Fsp3) is 0.125. The fourth-order valence-corrected chi connectivity index (χ4v) is 0.894. The molecule has 0 spiro atoms. The summed E-state index contributed by atoms with van der Waals surface area (Å²) in [6, 6.07) is 1.55. The van der Waals surface area contributed by atoms with Gasteiger partial charge < -0.3 is 11.1 Å². The molecule has 1 amide bonds. The summed E-state index contributed by atoms with van der Waals surface area (Å²) in [4.78, 5) is 11.0. The van der Waals surface area contributed by atoms with E-state index in [2.05, 4.69) is 5.32 Å². The number of nitrogens with one attached hydrogen (secondary N) is 1. The molecule has 5 heteroatoms. The number of hydrogen-bond donors (Lipinski definition) is 2. The van der Waals surface area contributed by atoms with E-state index in [1.807, 2.05) is 0 Å². The van der Waals surface area contributed by atoms with Crippen LogP contribution in [0, 0.1) is 11.6 Å². The maximum Gasteiger partial charge on any atom is 0.253 e. The predicted octanol–water partition coefficient (Wildman–Crippen LogP) is 0.907. The van der Waals surface area contributed by atoms with E-state index in [9.17, 15) is 13.6 Å². The van der Waals surface area contributed by atoms with E-state index < -0.39 is 17.5 Å². The summed E-state index contributed by atoms with van der Waals surface area (Å²) in [7, 11) is 1.38. The molecule has 0 heterocycles. The molecule has 0 unspecified atom stereocenters. The highest BCUT2D eigenvalue weighted by Crippen LogP contribution is 2.16. The SMILES string of the molecule is CNC(=O)c1cc(F)c(F)cc1N. The summed E-state index contributed by atoms with van der Waals surface area (Å²) in [5.74, 6) is -2.70. The van der Waals surface area contributed by atoms with Crippen molar-refractivity contribution in [2.45, 2.75) is 0 Å². The van der Waals surface area contributed by atoms with E-state index in [0.29, 0.717) is 0 Å². The molecule has 13 heavy (non-hydrogen) atoms. The quantitative estimate of drug-likeness (QED) is 0.640. The lowest BCUT2D eigenvalue weighted by molar-refractivity contribution is 0.0963. The van der Waals surface area contributed by atoms with Crippen molar-refractivity contribution in [3.63, 3.8) is 0 Å². The second kappa shape index (κ2) is 3.38. The Kier molecular flexibility index (Phi) is 2.46. The smallest absolute Gasteiger partial charge is 0.253 e. The van der Waals surface area contributed by atoms with E-state index in [4.69, 9.17) is 5.73 Å². The number of anilines is 1. The summed E-state index contributed by atoms with van der Waals surface area (Å²) in [5, 5.41) is 2.26. The normalized spacial score (nSPS) is 9.77. The summed E-state index contributed by atoms with van der Waals surface area (Å²) in [6.45, 7) is 0. The molecule has 0 radical (unpaired) electrons. The maximum atomic E-state index is 12.6. The highest BCUT2D eigenvalue weighted by molar-refractivity contribution is 5.98. The molecule has 0 fully saturated rings. The van der Waals surface area contributed by atoms with E-state index >= 15 is 0 Å². The van der Waals surface area contributed by atoms with Crippen molar-refractivity contribution in [1.82, 2.24) is 5.32 Å². The molecule has 1 aromatic rings. The van der Waals surface area contributed by atoms with Crippen molar-refractivity contribution in [3.8, 4) is 0 Å². The Morgan fingerprint density at radius 3 is 2.46 bits per heavy atom. The molecule has 0 saturated heterocycles. The first-order valence-electron chi connectivity index (χ1n) is 3.53. The predicted molar refractivity (Wildman–Crippen MR) is 44.2 cm³/mol. The Morgan fingerprint density at radius 1 is 1.38 bits per heavy atom. The van der Waals surface area contributed by atoms with Gasteiger partial charge in [0.2, 0.25) is 0 Å². The summed E-state index contributed by atoms with van der Waals surface area (Å²) >= 11 is 0. The zero-order chi connectivity index (χ0) is 10.0. The van der Waals surface area contributed by atoms with Crippen LogP contribution < -0.4 is 11.1 Å². The third-order valence-electron chi connectivity index (χ3n) is 1.56. The van der Waals surface area contributed by atoms with Gasteiger partial charge in [0.15, 0.2) is 11.6 Å². The lowest BCUT2D eigenvalue weighted by atomic mass is 10.1. The number of amides is 1. The van der Waals surface area contributed by atoms with Crippen molar-refractivity contribution in [2.75, 3.05) is 12.8 Å². The van der Waals surface area contributed by atoms with Crippen LogP contribution in [-0.2, 0) is 0 Å². The lowest BCUT2D eigenvalue weighted by Crippen LogP contribution is -2.19. The van der Waals surface area contributed by atoms with Gasteiger partial charge in [-0.2, -0.15) is 0 Å². The first-order chi connectivity index (χ1) is 6.06. The zero-order valence-corrected chi connectivity index (χ0v) is 6.90. The van der Waals surface area contributed by atoms with E-state index in [1.165, 1.54) is 7.05 Å². The molecule has 70 valence electrons. The van der Waals surface area contributed by atoms with Crippen LogP contribution in [-0.4, -0.2) is 13.0 Å². The molecule has 0 aliphatic rings. The van der Waals surface area contributed by atoms with Crippen molar-refractivity contribution in [1.29, 1.82) is 0 Å². The molecule has 0 aromatic heterocycles. The standard InChI is InChI=1S/C8H8F2N2O/c1-12-8(13)4-2-5(9)6(10)3-7(4)11/h2-3H,11H2,1H3,(H,12,13). The molecule has 1 aromatic carbocycles.